The van der Waals surface area contributed by atoms with Gasteiger partial charge in [-0.1, -0.05) is 18.2 Å². The number of pyridine rings is 1. The Morgan fingerprint density at radius 2 is 1.84 bits per heavy atom. The van der Waals surface area contributed by atoms with Crippen molar-refractivity contribution in [2.45, 2.75) is 6.54 Å². The number of rotatable bonds is 1. The minimum Gasteiger partial charge on any atom is -0.491 e. The molecule has 1 aliphatic rings. The predicted octanol–water partition coefficient (Wildman–Crippen LogP) is 3.07. The summed E-state index contributed by atoms with van der Waals surface area (Å²) in [5, 5.41) is 3.34. The fraction of sp³-hybridized carbons (Fsp3) is 0.214. The first-order valence-electron chi connectivity index (χ1n) is 5.81. The van der Waals surface area contributed by atoms with E-state index in [0.29, 0.717) is 0 Å². The van der Waals surface area contributed by atoms with Crippen molar-refractivity contribution in [1.82, 2.24) is 10.3 Å². The maximum Gasteiger partial charge on any atom is 0.131 e. The first kappa shape index (κ1) is 15.8. The Balaban J connectivity index is 0.000000902. The summed E-state index contributed by atoms with van der Waals surface area (Å²) >= 11 is 0. The maximum absolute atomic E-state index is 5.85. The van der Waals surface area contributed by atoms with E-state index >= 15 is 0 Å². The molecule has 0 aliphatic carbocycles. The largest absolute Gasteiger partial charge is 0.491 e. The number of nitrogens with one attached hydrogen (secondary N) is 1. The average molecular weight is 299 g/mol. The topological polar surface area (TPSA) is 34.1 Å². The summed E-state index contributed by atoms with van der Waals surface area (Å²) in [7, 11) is 0. The van der Waals surface area contributed by atoms with E-state index in [4.69, 9.17) is 4.74 Å². The van der Waals surface area contributed by atoms with E-state index in [1.165, 1.54) is 5.56 Å². The van der Waals surface area contributed by atoms with Crippen LogP contribution in [0.4, 0.5) is 0 Å². The molecule has 0 amide bonds. The Morgan fingerprint density at radius 3 is 2.63 bits per heavy atom. The first-order chi connectivity index (χ1) is 8.45. The van der Waals surface area contributed by atoms with Gasteiger partial charge in [0.25, 0.3) is 0 Å². The predicted molar refractivity (Wildman–Crippen MR) is 81.4 cm³/mol. The minimum atomic E-state index is 0. The number of hydrogen-bond donors (Lipinski definition) is 1. The molecule has 0 bridgehead atoms. The molecule has 0 fully saturated rings. The van der Waals surface area contributed by atoms with Crippen molar-refractivity contribution in [3.05, 3.63) is 48.3 Å². The van der Waals surface area contributed by atoms with Crippen LogP contribution < -0.4 is 10.1 Å². The molecule has 1 aliphatic heterocycles. The summed E-state index contributed by atoms with van der Waals surface area (Å²) in [6.07, 6.45) is 3.62. The second-order valence-corrected chi connectivity index (χ2v) is 4.05. The van der Waals surface area contributed by atoms with Crippen LogP contribution in [-0.2, 0) is 6.54 Å². The zero-order chi connectivity index (χ0) is 11.5. The molecule has 0 spiro atoms. The molecule has 102 valence electrons. The van der Waals surface area contributed by atoms with Gasteiger partial charge in [-0.05, 0) is 17.7 Å². The van der Waals surface area contributed by atoms with Gasteiger partial charge in [-0.15, -0.1) is 24.8 Å². The Bertz CT molecular complexity index is 520. The van der Waals surface area contributed by atoms with Crippen LogP contribution in [0.3, 0.4) is 0 Å². The molecule has 2 aromatic rings. The van der Waals surface area contributed by atoms with E-state index in [-0.39, 0.29) is 24.8 Å². The molecule has 3 rings (SSSR count). The zero-order valence-electron chi connectivity index (χ0n) is 10.3. The number of benzene rings is 1. The van der Waals surface area contributed by atoms with Crippen LogP contribution in [0.2, 0.25) is 0 Å². The molecular formula is C14H16Cl2N2O. The standard InChI is InChI=1S/C14H14N2O.2ClH/c1-2-12-10-16-8-9-17-14(12)13(3-1)11-4-6-15-7-5-11;;/h1-7,16H,8-10H2;2*1H. The molecule has 1 N–H and O–H groups in total. The molecule has 0 saturated carbocycles. The summed E-state index contributed by atoms with van der Waals surface area (Å²) < 4.78 is 5.85. The van der Waals surface area contributed by atoms with Gasteiger partial charge in [-0.3, -0.25) is 4.98 Å². The number of para-hydroxylation sites is 1. The van der Waals surface area contributed by atoms with Gasteiger partial charge in [-0.25, -0.2) is 0 Å². The zero-order valence-corrected chi connectivity index (χ0v) is 12.0. The Labute approximate surface area is 125 Å². The lowest BCUT2D eigenvalue weighted by molar-refractivity contribution is 0.327. The Kier molecular flexibility index (Phi) is 6.09. The van der Waals surface area contributed by atoms with Crippen molar-refractivity contribution in [1.29, 1.82) is 0 Å². The van der Waals surface area contributed by atoms with E-state index in [9.17, 15) is 0 Å². The van der Waals surface area contributed by atoms with Gasteiger partial charge in [0.15, 0.2) is 0 Å². The maximum atomic E-state index is 5.85. The quantitative estimate of drug-likeness (QED) is 0.878. The molecule has 0 saturated heterocycles. The van der Waals surface area contributed by atoms with Crippen molar-refractivity contribution >= 4 is 24.8 Å². The third kappa shape index (κ3) is 3.38. The molecule has 0 radical (unpaired) electrons. The van der Waals surface area contributed by atoms with Gasteiger partial charge in [-0.2, -0.15) is 0 Å². The third-order valence-corrected chi connectivity index (χ3v) is 2.93. The van der Waals surface area contributed by atoms with Crippen molar-refractivity contribution in [2.75, 3.05) is 13.2 Å². The number of aromatic nitrogens is 1. The summed E-state index contributed by atoms with van der Waals surface area (Å²) in [6.45, 7) is 2.48. The van der Waals surface area contributed by atoms with E-state index in [1.54, 1.807) is 0 Å². The normalized spacial score (nSPS) is 13.1. The number of ether oxygens (including phenoxy) is 1. The van der Waals surface area contributed by atoms with Crippen LogP contribution >= 0.6 is 24.8 Å². The molecule has 2 heterocycles. The lowest BCUT2D eigenvalue weighted by Gasteiger charge is -2.12. The minimum absolute atomic E-state index is 0. The average Bonchev–Trinajstić information content (AvgIpc) is 2.64. The fourth-order valence-corrected chi connectivity index (χ4v) is 2.10. The highest BCUT2D eigenvalue weighted by Gasteiger charge is 2.13. The summed E-state index contributed by atoms with van der Waals surface area (Å²) in [6, 6.07) is 10.3. The van der Waals surface area contributed by atoms with E-state index in [0.717, 1.165) is 36.6 Å². The number of fused-ring (bicyclic) bond motifs is 1. The van der Waals surface area contributed by atoms with Crippen LogP contribution in [0.1, 0.15) is 5.56 Å². The van der Waals surface area contributed by atoms with E-state index in [1.807, 2.05) is 24.5 Å². The fourth-order valence-electron chi connectivity index (χ4n) is 2.10. The van der Waals surface area contributed by atoms with Crippen molar-refractivity contribution in [2.24, 2.45) is 0 Å². The van der Waals surface area contributed by atoms with Crippen molar-refractivity contribution in [3.8, 4) is 16.9 Å². The molecule has 5 heteroatoms. The third-order valence-electron chi connectivity index (χ3n) is 2.93. The molecule has 19 heavy (non-hydrogen) atoms. The van der Waals surface area contributed by atoms with Gasteiger partial charge in [0.1, 0.15) is 12.4 Å². The highest BCUT2D eigenvalue weighted by molar-refractivity contribution is 5.85. The van der Waals surface area contributed by atoms with Crippen LogP contribution in [-0.4, -0.2) is 18.1 Å². The van der Waals surface area contributed by atoms with Crippen LogP contribution in [0.15, 0.2) is 42.7 Å². The second-order valence-electron chi connectivity index (χ2n) is 4.05. The highest BCUT2D eigenvalue weighted by atomic mass is 35.5. The Morgan fingerprint density at radius 1 is 1.05 bits per heavy atom. The molecule has 1 aromatic heterocycles. The SMILES string of the molecule is Cl.Cl.c1cc2c(c(-c3ccncc3)c1)OCCNC2. The molecule has 0 atom stereocenters. The number of nitrogens with zero attached hydrogens (tertiary/aromatic N) is 1. The summed E-state index contributed by atoms with van der Waals surface area (Å²) in [4.78, 5) is 4.05. The Hall–Kier alpha value is -1.29. The van der Waals surface area contributed by atoms with Gasteiger partial charge >= 0.3 is 0 Å². The number of halogens is 2. The molecular weight excluding hydrogens is 283 g/mol. The van der Waals surface area contributed by atoms with Gasteiger partial charge in [0.2, 0.25) is 0 Å². The van der Waals surface area contributed by atoms with Crippen LogP contribution in [0.25, 0.3) is 11.1 Å². The van der Waals surface area contributed by atoms with Gasteiger partial charge < -0.3 is 10.1 Å². The smallest absolute Gasteiger partial charge is 0.131 e. The highest BCUT2D eigenvalue weighted by Crippen LogP contribution is 2.33. The molecule has 0 unspecified atom stereocenters. The van der Waals surface area contributed by atoms with Gasteiger partial charge in [0.05, 0.1) is 0 Å². The monoisotopic (exact) mass is 298 g/mol. The lowest BCUT2D eigenvalue weighted by Crippen LogP contribution is -2.16. The first-order valence-corrected chi connectivity index (χ1v) is 5.81. The molecule has 3 nitrogen and oxygen atoms in total. The van der Waals surface area contributed by atoms with Crippen LogP contribution in [0.5, 0.6) is 5.75 Å². The molecule has 1 aromatic carbocycles. The van der Waals surface area contributed by atoms with Crippen molar-refractivity contribution in [3.63, 3.8) is 0 Å². The summed E-state index contributed by atoms with van der Waals surface area (Å²) in [5.74, 6) is 1.00. The van der Waals surface area contributed by atoms with E-state index < -0.39 is 0 Å². The van der Waals surface area contributed by atoms with Crippen LogP contribution in [0, 0.1) is 0 Å². The van der Waals surface area contributed by atoms with Crippen molar-refractivity contribution < 1.29 is 4.74 Å². The van der Waals surface area contributed by atoms with E-state index in [2.05, 4.69) is 28.5 Å². The van der Waals surface area contributed by atoms with Gasteiger partial charge in [0, 0.05) is 36.6 Å². The second kappa shape index (κ2) is 7.34. The summed E-state index contributed by atoms with van der Waals surface area (Å²) in [5.41, 5.74) is 3.52. The number of hydrogen-bond acceptors (Lipinski definition) is 3. The lowest BCUT2D eigenvalue weighted by atomic mass is 10.0.